The zero-order valence-electron chi connectivity index (χ0n) is 23.4. The molecule has 3 heterocycles. The standard InChI is InChI=1S/C29H33FN5O5P/c1-5-38-41(37,39-6-2)40-20-35-19-26(22-12-13-31-27(30)17-22)25-16-23(18-32-29(25)35)21-9-7-10-24(15-21)33-28(36)11-8-14-34(3)4/h7-13,15-19H,5-6,14,20H2,1-4H3,(H,33,36). The Bertz CT molecular complexity index is 1580. The van der Waals surface area contributed by atoms with Crippen molar-refractivity contribution in [2.45, 2.75) is 20.6 Å². The second kappa shape index (κ2) is 13.8. The van der Waals surface area contributed by atoms with Crippen molar-refractivity contribution >= 4 is 30.5 Å². The largest absolute Gasteiger partial charge is 0.476 e. The molecule has 216 valence electrons. The van der Waals surface area contributed by atoms with E-state index in [0.29, 0.717) is 34.4 Å². The number of hydrogen-bond acceptors (Lipinski definition) is 8. The SMILES string of the molecule is CCOP(=O)(OCC)OCn1cc(-c2ccnc(F)c2)c2cc(-c3cccc(NC(=O)C=CCN(C)C)c3)cnc21. The lowest BCUT2D eigenvalue weighted by Gasteiger charge is -2.16. The maximum Gasteiger partial charge on any atom is 0.476 e. The van der Waals surface area contributed by atoms with Crippen LogP contribution in [0.1, 0.15) is 13.8 Å². The van der Waals surface area contributed by atoms with Crippen molar-refractivity contribution < 1.29 is 27.3 Å². The molecule has 1 aromatic carbocycles. The lowest BCUT2D eigenvalue weighted by molar-refractivity contribution is -0.111. The summed E-state index contributed by atoms with van der Waals surface area (Å²) in [6.07, 6.45) is 8.12. The van der Waals surface area contributed by atoms with Crippen molar-refractivity contribution in [3.8, 4) is 22.3 Å². The van der Waals surface area contributed by atoms with Crippen molar-refractivity contribution in [3.05, 3.63) is 79.2 Å². The molecule has 12 heteroatoms. The molecule has 0 radical (unpaired) electrons. The van der Waals surface area contributed by atoms with Gasteiger partial charge >= 0.3 is 7.82 Å². The minimum atomic E-state index is -3.78. The molecule has 1 N–H and O–H groups in total. The summed E-state index contributed by atoms with van der Waals surface area (Å²) < 4.78 is 44.7. The maximum absolute atomic E-state index is 14.1. The quantitative estimate of drug-likeness (QED) is 0.114. The smallest absolute Gasteiger partial charge is 0.323 e. The Morgan fingerprint density at radius 1 is 1.05 bits per heavy atom. The predicted molar refractivity (Wildman–Crippen MR) is 157 cm³/mol. The van der Waals surface area contributed by atoms with Gasteiger partial charge in [-0.3, -0.25) is 18.4 Å². The molecule has 4 rings (SSSR count). The van der Waals surface area contributed by atoms with Gasteiger partial charge in [0.1, 0.15) is 12.4 Å². The summed E-state index contributed by atoms with van der Waals surface area (Å²) in [5.41, 5.74) is 4.02. The van der Waals surface area contributed by atoms with Gasteiger partial charge in [-0.1, -0.05) is 18.2 Å². The molecule has 4 aromatic rings. The van der Waals surface area contributed by atoms with E-state index in [1.807, 2.05) is 43.3 Å². The highest BCUT2D eigenvalue weighted by atomic mass is 31.2. The highest BCUT2D eigenvalue weighted by molar-refractivity contribution is 7.48. The minimum Gasteiger partial charge on any atom is -0.323 e. The van der Waals surface area contributed by atoms with E-state index in [4.69, 9.17) is 13.6 Å². The van der Waals surface area contributed by atoms with E-state index in [9.17, 15) is 13.8 Å². The zero-order valence-corrected chi connectivity index (χ0v) is 24.3. The van der Waals surface area contributed by atoms with Gasteiger partial charge in [0.2, 0.25) is 11.9 Å². The number of nitrogens with zero attached hydrogens (tertiary/aromatic N) is 4. The number of pyridine rings is 2. The highest BCUT2D eigenvalue weighted by Gasteiger charge is 2.26. The number of hydrogen-bond donors (Lipinski definition) is 1. The van der Waals surface area contributed by atoms with Crippen LogP contribution in [0.25, 0.3) is 33.3 Å². The van der Waals surface area contributed by atoms with Gasteiger partial charge in [0.25, 0.3) is 0 Å². The number of anilines is 1. The fourth-order valence-corrected chi connectivity index (χ4v) is 5.24. The second-order valence-corrected chi connectivity index (χ2v) is 10.9. The van der Waals surface area contributed by atoms with Gasteiger partial charge in [0.15, 0.2) is 0 Å². The maximum atomic E-state index is 14.1. The molecule has 0 fully saturated rings. The van der Waals surface area contributed by atoms with E-state index in [0.717, 1.165) is 11.1 Å². The van der Waals surface area contributed by atoms with Crippen LogP contribution in [0.2, 0.25) is 0 Å². The molecule has 3 aromatic heterocycles. The molecule has 0 saturated heterocycles. The molecule has 1 amide bonds. The number of rotatable bonds is 13. The van der Waals surface area contributed by atoms with E-state index in [1.165, 1.54) is 18.3 Å². The summed E-state index contributed by atoms with van der Waals surface area (Å²) in [5.74, 6) is -0.850. The summed E-state index contributed by atoms with van der Waals surface area (Å²) in [6.45, 7) is 4.18. The Balaban J connectivity index is 1.69. The third-order valence-electron chi connectivity index (χ3n) is 5.88. The summed E-state index contributed by atoms with van der Waals surface area (Å²) in [4.78, 5) is 22.6. The van der Waals surface area contributed by atoms with E-state index >= 15 is 0 Å². The third kappa shape index (κ3) is 7.93. The predicted octanol–water partition coefficient (Wildman–Crippen LogP) is 6.12. The Labute approximate surface area is 238 Å². The van der Waals surface area contributed by atoms with Crippen LogP contribution < -0.4 is 5.32 Å². The average molecular weight is 582 g/mol. The lowest BCUT2D eigenvalue weighted by atomic mass is 10.0. The van der Waals surface area contributed by atoms with Gasteiger partial charge in [0, 0.05) is 59.5 Å². The molecule has 0 saturated carbocycles. The number of amides is 1. The molecule has 0 aliphatic rings. The van der Waals surface area contributed by atoms with Gasteiger partial charge in [-0.2, -0.15) is 4.39 Å². The van der Waals surface area contributed by atoms with Crippen molar-refractivity contribution in [1.29, 1.82) is 0 Å². The van der Waals surface area contributed by atoms with Crippen LogP contribution in [0.15, 0.2) is 73.2 Å². The molecule has 41 heavy (non-hydrogen) atoms. The first-order valence-electron chi connectivity index (χ1n) is 13.1. The Morgan fingerprint density at radius 3 is 2.54 bits per heavy atom. The minimum absolute atomic E-state index is 0.152. The van der Waals surface area contributed by atoms with Crippen LogP contribution in [-0.2, 0) is 29.7 Å². The molecule has 10 nitrogen and oxygen atoms in total. The Kier molecular flexibility index (Phi) is 10.1. The average Bonchev–Trinajstić information content (AvgIpc) is 3.30. The van der Waals surface area contributed by atoms with Gasteiger partial charge in [-0.25, -0.2) is 14.5 Å². The van der Waals surface area contributed by atoms with Crippen LogP contribution in [0, 0.1) is 5.95 Å². The first-order chi connectivity index (χ1) is 19.7. The van der Waals surface area contributed by atoms with E-state index in [2.05, 4.69) is 15.3 Å². The molecule has 0 spiro atoms. The number of phosphoric acid groups is 1. The number of halogens is 1. The summed E-state index contributed by atoms with van der Waals surface area (Å²) in [7, 11) is 0.0697. The third-order valence-corrected chi connectivity index (χ3v) is 7.46. The summed E-state index contributed by atoms with van der Waals surface area (Å²) in [5, 5.41) is 3.59. The molecule has 0 unspecified atom stereocenters. The summed E-state index contributed by atoms with van der Waals surface area (Å²) in [6, 6.07) is 12.4. The highest BCUT2D eigenvalue weighted by Crippen LogP contribution is 2.49. The van der Waals surface area contributed by atoms with Crippen molar-refractivity contribution in [2.24, 2.45) is 0 Å². The Morgan fingerprint density at radius 2 is 1.83 bits per heavy atom. The first kappa shape index (κ1) is 30.2. The number of carbonyl (C=O) groups is 1. The van der Waals surface area contributed by atoms with Crippen LogP contribution in [0.5, 0.6) is 0 Å². The van der Waals surface area contributed by atoms with Crippen molar-refractivity contribution in [3.63, 3.8) is 0 Å². The molecular weight excluding hydrogens is 548 g/mol. The fourth-order valence-electron chi connectivity index (χ4n) is 4.12. The van der Waals surface area contributed by atoms with E-state index < -0.39 is 13.8 Å². The normalized spacial score (nSPS) is 12.0. The number of benzene rings is 1. The van der Waals surface area contributed by atoms with Crippen molar-refractivity contribution in [2.75, 3.05) is 39.2 Å². The number of aromatic nitrogens is 3. The molecule has 0 aliphatic heterocycles. The number of nitrogens with one attached hydrogen (secondary N) is 1. The van der Waals surface area contributed by atoms with Gasteiger partial charge in [-0.15, -0.1) is 0 Å². The Hall–Kier alpha value is -3.73. The number of carbonyl (C=O) groups excluding carboxylic acids is 1. The van der Waals surface area contributed by atoms with Crippen molar-refractivity contribution in [1.82, 2.24) is 19.4 Å². The van der Waals surface area contributed by atoms with Crippen LogP contribution >= 0.6 is 7.82 Å². The monoisotopic (exact) mass is 581 g/mol. The van der Waals surface area contributed by atoms with Crippen LogP contribution in [0.4, 0.5) is 10.1 Å². The van der Waals surface area contributed by atoms with Gasteiger partial charge < -0.3 is 14.8 Å². The lowest BCUT2D eigenvalue weighted by Crippen LogP contribution is -2.12. The summed E-state index contributed by atoms with van der Waals surface area (Å²) >= 11 is 0. The fraction of sp³-hybridized carbons (Fsp3) is 0.276. The molecule has 0 aliphatic carbocycles. The van der Waals surface area contributed by atoms with Crippen LogP contribution in [0.3, 0.4) is 0 Å². The first-order valence-corrected chi connectivity index (χ1v) is 14.5. The van der Waals surface area contributed by atoms with Gasteiger partial charge in [0.05, 0.1) is 13.2 Å². The molecular formula is C29H33FN5O5P. The van der Waals surface area contributed by atoms with Gasteiger partial charge in [-0.05, 0) is 63.3 Å². The number of fused-ring (bicyclic) bond motifs is 1. The number of phosphoric ester groups is 1. The second-order valence-electron chi connectivity index (χ2n) is 9.25. The van der Waals surface area contributed by atoms with E-state index in [-0.39, 0.29) is 25.9 Å². The topological polar surface area (TPSA) is 108 Å². The number of likely N-dealkylation sites (N-methyl/N-ethyl adjacent to an activating group) is 1. The molecule has 0 atom stereocenters. The van der Waals surface area contributed by atoms with Crippen LogP contribution in [-0.4, -0.2) is 59.2 Å². The molecule has 0 bridgehead atoms. The zero-order chi connectivity index (χ0) is 29.4. The van der Waals surface area contributed by atoms with E-state index in [1.54, 1.807) is 49.0 Å².